The number of rotatable bonds is 6. The summed E-state index contributed by atoms with van der Waals surface area (Å²) >= 11 is 0. The summed E-state index contributed by atoms with van der Waals surface area (Å²) in [5.41, 5.74) is 4.33. The fourth-order valence-corrected chi connectivity index (χ4v) is 3.22. The van der Waals surface area contributed by atoms with Crippen LogP contribution in [0.25, 0.3) is 11.1 Å². The number of allylic oxidation sites excluding steroid dienone is 1. The monoisotopic (exact) mass is 388 g/mol. The smallest absolute Gasteiger partial charge is 0.273 e. The lowest BCUT2D eigenvalue weighted by molar-refractivity contribution is 0.104. The van der Waals surface area contributed by atoms with E-state index in [9.17, 15) is 9.59 Å². The Morgan fingerprint density at radius 3 is 2.45 bits per heavy atom. The number of anilines is 1. The van der Waals surface area contributed by atoms with E-state index in [1.54, 1.807) is 44.6 Å². The van der Waals surface area contributed by atoms with Crippen molar-refractivity contribution in [2.45, 2.75) is 13.8 Å². The number of pyridine rings is 1. The topological polar surface area (TPSA) is 60.3 Å². The minimum atomic E-state index is -0.177. The number of para-hydroxylation sites is 1. The third-order valence-corrected chi connectivity index (χ3v) is 4.83. The molecule has 3 aromatic rings. The first-order valence-electron chi connectivity index (χ1n) is 9.29. The van der Waals surface area contributed by atoms with Gasteiger partial charge in [0.05, 0.1) is 0 Å². The van der Waals surface area contributed by atoms with Crippen molar-refractivity contribution in [3.8, 4) is 22.6 Å². The van der Waals surface area contributed by atoms with Gasteiger partial charge in [-0.1, -0.05) is 24.8 Å². The van der Waals surface area contributed by atoms with E-state index in [0.717, 1.165) is 22.4 Å². The predicted molar refractivity (Wildman–Crippen MR) is 117 cm³/mol. The Kier molecular flexibility index (Phi) is 5.69. The lowest BCUT2D eigenvalue weighted by Gasteiger charge is -2.17. The molecular weight excluding hydrogens is 364 g/mol. The van der Waals surface area contributed by atoms with E-state index in [4.69, 9.17) is 4.74 Å². The minimum absolute atomic E-state index is 0.133. The molecule has 0 aliphatic heterocycles. The Hall–Kier alpha value is -3.60. The van der Waals surface area contributed by atoms with Crippen molar-refractivity contribution >= 4 is 11.5 Å². The van der Waals surface area contributed by atoms with Crippen molar-refractivity contribution in [1.29, 1.82) is 0 Å². The van der Waals surface area contributed by atoms with Gasteiger partial charge in [-0.25, -0.2) is 0 Å². The Bertz CT molecular complexity index is 1140. The standard InChI is InChI=1S/C24H24N2O3/c1-6-21(27)17-10-11-22(29-23-15(2)8-7-9-16(23)3)19(12-17)18-13-20(25-4)24(28)26(5)14-18/h6-14,25H,1H2,2-5H3. The number of carbonyl (C=O) groups is 1. The maximum Gasteiger partial charge on any atom is 0.273 e. The molecule has 0 saturated carbocycles. The van der Waals surface area contributed by atoms with Crippen molar-refractivity contribution in [2.75, 3.05) is 12.4 Å². The maximum absolute atomic E-state index is 12.3. The summed E-state index contributed by atoms with van der Waals surface area (Å²) in [6.45, 7) is 7.55. The van der Waals surface area contributed by atoms with E-state index >= 15 is 0 Å². The summed E-state index contributed by atoms with van der Waals surface area (Å²) in [5, 5.41) is 2.92. The number of aryl methyl sites for hydroxylation is 3. The zero-order valence-electron chi connectivity index (χ0n) is 17.1. The molecule has 2 aromatic carbocycles. The average Bonchev–Trinajstić information content (AvgIpc) is 2.72. The summed E-state index contributed by atoms with van der Waals surface area (Å²) in [6, 6.07) is 13.0. The number of nitrogens with one attached hydrogen (secondary N) is 1. The largest absolute Gasteiger partial charge is 0.456 e. The van der Waals surface area contributed by atoms with Crippen LogP contribution in [-0.2, 0) is 7.05 Å². The summed E-state index contributed by atoms with van der Waals surface area (Å²) in [4.78, 5) is 24.5. The third-order valence-electron chi connectivity index (χ3n) is 4.83. The van der Waals surface area contributed by atoms with Crippen LogP contribution in [0.4, 0.5) is 5.69 Å². The predicted octanol–water partition coefficient (Wildman–Crippen LogP) is 4.87. The van der Waals surface area contributed by atoms with Gasteiger partial charge in [0.15, 0.2) is 5.78 Å². The van der Waals surface area contributed by atoms with E-state index in [-0.39, 0.29) is 11.3 Å². The molecule has 29 heavy (non-hydrogen) atoms. The van der Waals surface area contributed by atoms with Crippen LogP contribution < -0.4 is 15.6 Å². The van der Waals surface area contributed by atoms with E-state index in [1.807, 2.05) is 32.0 Å². The second-order valence-corrected chi connectivity index (χ2v) is 6.91. The van der Waals surface area contributed by atoms with Crippen LogP contribution in [-0.4, -0.2) is 17.4 Å². The molecule has 5 nitrogen and oxygen atoms in total. The summed E-state index contributed by atoms with van der Waals surface area (Å²) in [5.74, 6) is 1.20. The van der Waals surface area contributed by atoms with E-state index in [0.29, 0.717) is 22.6 Å². The number of benzene rings is 2. The van der Waals surface area contributed by atoms with Gasteiger partial charge in [-0.05, 0) is 55.3 Å². The highest BCUT2D eigenvalue weighted by Crippen LogP contribution is 2.37. The van der Waals surface area contributed by atoms with Gasteiger partial charge in [-0.2, -0.15) is 0 Å². The van der Waals surface area contributed by atoms with Gasteiger partial charge in [0.2, 0.25) is 0 Å². The summed E-state index contributed by atoms with van der Waals surface area (Å²) in [6.07, 6.45) is 3.02. The SMILES string of the molecule is C=CC(=O)c1ccc(Oc2c(C)cccc2C)c(-c2cc(NC)c(=O)n(C)c2)c1. The number of hydrogen-bond acceptors (Lipinski definition) is 4. The molecule has 0 atom stereocenters. The fraction of sp³-hybridized carbons (Fsp3) is 0.167. The number of aromatic nitrogens is 1. The average molecular weight is 388 g/mol. The normalized spacial score (nSPS) is 10.5. The van der Waals surface area contributed by atoms with Crippen LogP contribution >= 0.6 is 0 Å². The fourth-order valence-electron chi connectivity index (χ4n) is 3.22. The molecule has 0 aliphatic carbocycles. The van der Waals surface area contributed by atoms with Crippen LogP contribution in [0.1, 0.15) is 21.5 Å². The first kappa shape index (κ1) is 20.1. The lowest BCUT2D eigenvalue weighted by Crippen LogP contribution is -2.19. The van der Waals surface area contributed by atoms with Gasteiger partial charge in [0, 0.05) is 37.0 Å². The van der Waals surface area contributed by atoms with Crippen molar-refractivity contribution < 1.29 is 9.53 Å². The number of hydrogen-bond donors (Lipinski definition) is 1. The van der Waals surface area contributed by atoms with Gasteiger partial charge in [0.25, 0.3) is 5.56 Å². The Balaban J connectivity index is 2.23. The first-order chi connectivity index (χ1) is 13.8. The third kappa shape index (κ3) is 3.99. The van der Waals surface area contributed by atoms with Crippen molar-refractivity contribution in [3.05, 3.63) is 88.4 Å². The van der Waals surface area contributed by atoms with E-state index < -0.39 is 0 Å². The van der Waals surface area contributed by atoms with Gasteiger partial charge < -0.3 is 14.6 Å². The number of carbonyl (C=O) groups excluding carboxylic acids is 1. The van der Waals surface area contributed by atoms with Crippen LogP contribution in [0.5, 0.6) is 11.5 Å². The molecule has 0 unspecified atom stereocenters. The zero-order valence-corrected chi connectivity index (χ0v) is 17.1. The van der Waals surface area contributed by atoms with Gasteiger partial charge in [0.1, 0.15) is 17.2 Å². The van der Waals surface area contributed by atoms with Crippen molar-refractivity contribution in [2.24, 2.45) is 7.05 Å². The molecule has 1 aromatic heterocycles. The zero-order chi connectivity index (χ0) is 21.1. The molecule has 1 N–H and O–H groups in total. The van der Waals surface area contributed by atoms with Crippen molar-refractivity contribution in [1.82, 2.24) is 4.57 Å². The molecule has 148 valence electrons. The molecule has 0 amide bonds. The minimum Gasteiger partial charge on any atom is -0.456 e. The lowest BCUT2D eigenvalue weighted by atomic mass is 10.0. The second kappa shape index (κ2) is 8.19. The van der Waals surface area contributed by atoms with Crippen LogP contribution in [0.3, 0.4) is 0 Å². The van der Waals surface area contributed by atoms with Gasteiger partial charge in [-0.3, -0.25) is 9.59 Å². The molecule has 0 bridgehead atoms. The molecule has 0 spiro atoms. The molecule has 0 radical (unpaired) electrons. The summed E-state index contributed by atoms with van der Waals surface area (Å²) in [7, 11) is 3.39. The van der Waals surface area contributed by atoms with Crippen LogP contribution in [0.2, 0.25) is 0 Å². The number of ether oxygens (including phenoxy) is 1. The highest BCUT2D eigenvalue weighted by molar-refractivity contribution is 6.05. The first-order valence-corrected chi connectivity index (χ1v) is 9.29. The quantitative estimate of drug-likeness (QED) is 0.483. The van der Waals surface area contributed by atoms with Crippen LogP contribution in [0.15, 0.2) is 66.1 Å². The Labute approximate surface area is 170 Å². The Morgan fingerprint density at radius 1 is 1.14 bits per heavy atom. The van der Waals surface area contributed by atoms with Crippen LogP contribution in [0, 0.1) is 13.8 Å². The molecule has 0 aliphatic rings. The molecule has 0 saturated heterocycles. The molecular formula is C24H24N2O3. The Morgan fingerprint density at radius 2 is 1.83 bits per heavy atom. The number of nitrogens with zero attached hydrogens (tertiary/aromatic N) is 1. The van der Waals surface area contributed by atoms with E-state index in [2.05, 4.69) is 11.9 Å². The molecule has 1 heterocycles. The second-order valence-electron chi connectivity index (χ2n) is 6.91. The van der Waals surface area contributed by atoms with Gasteiger partial charge in [-0.15, -0.1) is 0 Å². The molecule has 3 rings (SSSR count). The maximum atomic E-state index is 12.3. The summed E-state index contributed by atoms with van der Waals surface area (Å²) < 4.78 is 7.80. The molecule has 5 heteroatoms. The highest BCUT2D eigenvalue weighted by atomic mass is 16.5. The highest BCUT2D eigenvalue weighted by Gasteiger charge is 2.15. The number of ketones is 1. The van der Waals surface area contributed by atoms with Crippen molar-refractivity contribution in [3.63, 3.8) is 0 Å². The van der Waals surface area contributed by atoms with Gasteiger partial charge >= 0.3 is 0 Å². The van der Waals surface area contributed by atoms with E-state index in [1.165, 1.54) is 10.6 Å². The molecule has 0 fully saturated rings.